The minimum absolute atomic E-state index is 0.0661. The molecule has 0 bridgehead atoms. The van der Waals surface area contributed by atoms with Gasteiger partial charge in [0.1, 0.15) is 0 Å². The highest BCUT2D eigenvalue weighted by molar-refractivity contribution is 6.30. The number of carbonyl (C=O) groups is 1. The van der Waals surface area contributed by atoms with Gasteiger partial charge in [-0.05, 0) is 43.6 Å². The number of likely N-dealkylation sites (N-methyl/N-ethyl adjacent to an activating group) is 1. The molecule has 2 amide bonds. The number of hydrogen-bond acceptors (Lipinski definition) is 2. The quantitative estimate of drug-likeness (QED) is 0.812. The maximum absolute atomic E-state index is 11.8. The maximum atomic E-state index is 11.8. The van der Waals surface area contributed by atoms with E-state index in [1.165, 1.54) is 5.56 Å². The molecule has 0 spiro atoms. The molecule has 0 aliphatic heterocycles. The van der Waals surface area contributed by atoms with E-state index in [1.807, 2.05) is 24.3 Å². The second kappa shape index (κ2) is 7.66. The van der Waals surface area contributed by atoms with Crippen molar-refractivity contribution >= 4 is 17.6 Å². The molecule has 2 N–H and O–H groups in total. The SMILES string of the molecule is CCN(CC)C(CNC(=O)NC1CC1)c1ccc(Cl)cc1. The van der Waals surface area contributed by atoms with Gasteiger partial charge in [0.2, 0.25) is 0 Å². The first-order valence-electron chi connectivity index (χ1n) is 7.67. The van der Waals surface area contributed by atoms with Crippen LogP contribution in [-0.4, -0.2) is 36.6 Å². The minimum Gasteiger partial charge on any atom is -0.336 e. The van der Waals surface area contributed by atoms with Crippen molar-refractivity contribution in [2.75, 3.05) is 19.6 Å². The van der Waals surface area contributed by atoms with Gasteiger partial charge in [-0.1, -0.05) is 37.6 Å². The topological polar surface area (TPSA) is 44.4 Å². The van der Waals surface area contributed by atoms with E-state index in [2.05, 4.69) is 29.4 Å². The van der Waals surface area contributed by atoms with Gasteiger partial charge in [-0.15, -0.1) is 0 Å². The van der Waals surface area contributed by atoms with Crippen molar-refractivity contribution < 1.29 is 4.79 Å². The van der Waals surface area contributed by atoms with Gasteiger partial charge in [-0.25, -0.2) is 4.79 Å². The van der Waals surface area contributed by atoms with Crippen LogP contribution in [0, 0.1) is 0 Å². The van der Waals surface area contributed by atoms with E-state index in [0.717, 1.165) is 31.0 Å². The van der Waals surface area contributed by atoms with E-state index in [9.17, 15) is 4.79 Å². The molecule has 4 nitrogen and oxygen atoms in total. The average molecular weight is 310 g/mol. The van der Waals surface area contributed by atoms with E-state index in [-0.39, 0.29) is 12.1 Å². The van der Waals surface area contributed by atoms with Crippen LogP contribution in [0.1, 0.15) is 38.3 Å². The van der Waals surface area contributed by atoms with Crippen molar-refractivity contribution in [3.63, 3.8) is 0 Å². The molecule has 1 aliphatic rings. The number of halogens is 1. The van der Waals surface area contributed by atoms with Crippen LogP contribution in [0.5, 0.6) is 0 Å². The average Bonchev–Trinajstić information content (AvgIpc) is 3.28. The Labute approximate surface area is 131 Å². The summed E-state index contributed by atoms with van der Waals surface area (Å²) in [4.78, 5) is 14.2. The highest BCUT2D eigenvalue weighted by atomic mass is 35.5. The lowest BCUT2D eigenvalue weighted by atomic mass is 10.1. The van der Waals surface area contributed by atoms with Crippen LogP contribution in [0.15, 0.2) is 24.3 Å². The Kier molecular flexibility index (Phi) is 5.88. The molecular formula is C16H24ClN3O. The first kappa shape index (κ1) is 16.1. The zero-order chi connectivity index (χ0) is 15.2. The van der Waals surface area contributed by atoms with Crippen molar-refractivity contribution in [2.24, 2.45) is 0 Å². The number of benzene rings is 1. The van der Waals surface area contributed by atoms with E-state index < -0.39 is 0 Å². The van der Waals surface area contributed by atoms with Gasteiger partial charge in [-0.2, -0.15) is 0 Å². The predicted molar refractivity (Wildman–Crippen MR) is 86.7 cm³/mol. The minimum atomic E-state index is -0.0661. The summed E-state index contributed by atoms with van der Waals surface area (Å²) in [7, 11) is 0. The summed E-state index contributed by atoms with van der Waals surface area (Å²) in [6.07, 6.45) is 2.20. The molecule has 1 fully saturated rings. The molecule has 1 atom stereocenters. The molecule has 1 aromatic rings. The number of hydrogen-bond donors (Lipinski definition) is 2. The van der Waals surface area contributed by atoms with E-state index in [4.69, 9.17) is 11.6 Å². The largest absolute Gasteiger partial charge is 0.336 e. The van der Waals surface area contributed by atoms with E-state index in [1.54, 1.807) is 0 Å². The summed E-state index contributed by atoms with van der Waals surface area (Å²) >= 11 is 5.96. The number of nitrogens with one attached hydrogen (secondary N) is 2. The van der Waals surface area contributed by atoms with Gasteiger partial charge in [0.05, 0.1) is 6.04 Å². The van der Waals surface area contributed by atoms with Crippen LogP contribution in [0.4, 0.5) is 4.79 Å². The van der Waals surface area contributed by atoms with Crippen molar-refractivity contribution in [3.05, 3.63) is 34.9 Å². The van der Waals surface area contributed by atoms with Crippen LogP contribution in [-0.2, 0) is 0 Å². The predicted octanol–water partition coefficient (Wildman–Crippen LogP) is 3.18. The molecule has 5 heteroatoms. The second-order valence-corrected chi connectivity index (χ2v) is 5.85. The Morgan fingerprint density at radius 3 is 2.43 bits per heavy atom. The number of carbonyl (C=O) groups excluding carboxylic acids is 1. The molecule has 0 saturated heterocycles. The number of nitrogens with zero attached hydrogens (tertiary/aromatic N) is 1. The monoisotopic (exact) mass is 309 g/mol. The molecule has 116 valence electrons. The molecule has 21 heavy (non-hydrogen) atoms. The lowest BCUT2D eigenvalue weighted by Crippen LogP contribution is -2.42. The first-order chi connectivity index (χ1) is 10.1. The maximum Gasteiger partial charge on any atom is 0.315 e. The van der Waals surface area contributed by atoms with Crippen molar-refractivity contribution in [1.29, 1.82) is 0 Å². The molecule has 1 unspecified atom stereocenters. The van der Waals surface area contributed by atoms with Crippen molar-refractivity contribution in [3.8, 4) is 0 Å². The summed E-state index contributed by atoms with van der Waals surface area (Å²) in [5.74, 6) is 0. The Bertz CT molecular complexity index is 455. The molecule has 0 aromatic heterocycles. The zero-order valence-electron chi connectivity index (χ0n) is 12.7. The molecule has 0 radical (unpaired) electrons. The molecular weight excluding hydrogens is 286 g/mol. The fourth-order valence-electron chi connectivity index (χ4n) is 2.46. The Balaban J connectivity index is 2.00. The van der Waals surface area contributed by atoms with Gasteiger partial charge in [-0.3, -0.25) is 4.90 Å². The van der Waals surface area contributed by atoms with Crippen LogP contribution < -0.4 is 10.6 Å². The van der Waals surface area contributed by atoms with Gasteiger partial charge < -0.3 is 10.6 Å². The summed E-state index contributed by atoms with van der Waals surface area (Å²) in [5, 5.41) is 6.68. The third-order valence-electron chi connectivity index (χ3n) is 3.88. The van der Waals surface area contributed by atoms with E-state index >= 15 is 0 Å². The lowest BCUT2D eigenvalue weighted by Gasteiger charge is -2.30. The normalized spacial score (nSPS) is 15.8. The summed E-state index contributed by atoms with van der Waals surface area (Å²) in [6.45, 7) is 6.75. The first-order valence-corrected chi connectivity index (χ1v) is 8.05. The van der Waals surface area contributed by atoms with E-state index in [0.29, 0.717) is 12.6 Å². The van der Waals surface area contributed by atoms with Gasteiger partial charge in [0, 0.05) is 17.6 Å². The molecule has 2 rings (SSSR count). The highest BCUT2D eigenvalue weighted by Gasteiger charge is 2.24. The van der Waals surface area contributed by atoms with Crippen LogP contribution in [0.25, 0.3) is 0 Å². The standard InChI is InChI=1S/C16H24ClN3O/c1-3-20(4-2)15(12-5-7-13(17)8-6-12)11-18-16(21)19-14-9-10-14/h5-8,14-15H,3-4,9-11H2,1-2H3,(H2,18,19,21). The third-order valence-corrected chi connectivity index (χ3v) is 4.13. The van der Waals surface area contributed by atoms with Crippen molar-refractivity contribution in [1.82, 2.24) is 15.5 Å². The zero-order valence-corrected chi connectivity index (χ0v) is 13.5. The molecule has 1 saturated carbocycles. The fraction of sp³-hybridized carbons (Fsp3) is 0.562. The summed E-state index contributed by atoms with van der Waals surface area (Å²) in [5.41, 5.74) is 1.18. The highest BCUT2D eigenvalue weighted by Crippen LogP contribution is 2.22. The Morgan fingerprint density at radius 1 is 1.29 bits per heavy atom. The van der Waals surface area contributed by atoms with Crippen LogP contribution in [0.3, 0.4) is 0 Å². The molecule has 1 aliphatic carbocycles. The van der Waals surface area contributed by atoms with Crippen LogP contribution in [0.2, 0.25) is 5.02 Å². The van der Waals surface area contributed by atoms with Crippen LogP contribution >= 0.6 is 11.6 Å². The van der Waals surface area contributed by atoms with Gasteiger partial charge in [0.15, 0.2) is 0 Å². The number of amides is 2. The Morgan fingerprint density at radius 2 is 1.90 bits per heavy atom. The fourth-order valence-corrected chi connectivity index (χ4v) is 2.59. The third kappa shape index (κ3) is 4.90. The van der Waals surface area contributed by atoms with Gasteiger partial charge >= 0.3 is 6.03 Å². The Hall–Kier alpha value is -1.26. The molecule has 0 heterocycles. The molecule has 1 aromatic carbocycles. The summed E-state index contributed by atoms with van der Waals surface area (Å²) < 4.78 is 0. The summed E-state index contributed by atoms with van der Waals surface area (Å²) in [6, 6.07) is 8.35. The lowest BCUT2D eigenvalue weighted by molar-refractivity contribution is 0.206. The smallest absolute Gasteiger partial charge is 0.315 e. The second-order valence-electron chi connectivity index (χ2n) is 5.42. The van der Waals surface area contributed by atoms with Gasteiger partial charge in [0.25, 0.3) is 0 Å². The number of urea groups is 1. The number of rotatable bonds is 7. The van der Waals surface area contributed by atoms with Crippen molar-refractivity contribution in [2.45, 2.75) is 38.8 Å².